The number of phenolic OH excluding ortho intramolecular Hbond substituents is 1. The minimum atomic E-state index is -1.02. The number of aromatic hydroxyl groups is 1. The smallest absolute Gasteiger partial charge is 0.246 e. The van der Waals surface area contributed by atoms with Gasteiger partial charge < -0.3 is 55.3 Å². The molecule has 4 amide bonds. The van der Waals surface area contributed by atoms with Crippen LogP contribution in [-0.2, 0) is 44.5 Å². The second-order valence-electron chi connectivity index (χ2n) is 22.9. The SMILES string of the molecule is CNC(C)C(=O)NC(C(=O)N1CCCC1C(=O)NC(C(=O)NCCOCCOCCOCCOCCCCC1Cc2cc(O)ccc2C2CCC3(C)C(O)CCC3C12)C(c1ccccc1)c1ccccc1)C1CCCCC1. The Morgan fingerprint density at radius 3 is 2.04 bits per heavy atom. The summed E-state index contributed by atoms with van der Waals surface area (Å²) in [5.74, 6) is 0.729. The summed E-state index contributed by atoms with van der Waals surface area (Å²) >= 11 is 0. The molecule has 3 aromatic rings. The van der Waals surface area contributed by atoms with Crippen LogP contribution in [0.1, 0.15) is 138 Å². The van der Waals surface area contributed by atoms with Crippen LogP contribution in [0, 0.1) is 29.1 Å². The van der Waals surface area contributed by atoms with Gasteiger partial charge in [0.1, 0.15) is 23.9 Å². The first-order valence-corrected chi connectivity index (χ1v) is 29.2. The first-order valence-electron chi connectivity index (χ1n) is 29.2. The second kappa shape index (κ2) is 28.8. The second-order valence-corrected chi connectivity index (χ2v) is 22.9. The third kappa shape index (κ3) is 14.9. The number of phenols is 1. The zero-order chi connectivity index (χ0) is 54.2. The fourth-order valence-corrected chi connectivity index (χ4v) is 13.9. The lowest BCUT2D eigenvalue weighted by atomic mass is 9.52. The number of ether oxygens (including phenoxy) is 4. The number of likely N-dealkylation sites (N-methyl/N-ethyl adjacent to an activating group) is 1. The standard InChI is InChI=1S/C62H89N5O10/c1-42(63-3)58(70)65-56(45-20-11-6-12-21-45)61(73)67-31-15-23-52(67)59(71)66-57(54(43-16-7-4-8-17-43)44-18-9-5-10-19-44)60(72)64-30-33-75-35-37-77-39-38-76-36-34-74-32-14-13-22-46-40-47-41-48(68)24-25-49(47)50-28-29-62(2)51(55(46)50)26-27-53(62)69/h4-5,7-10,16-19,24-25,41-42,45-46,50-57,63,68-69H,6,11-15,20-23,26-40H2,1-3H3,(H,64,72)(H,65,70)(H,66,71). The van der Waals surface area contributed by atoms with Crippen LogP contribution in [0.4, 0.5) is 0 Å². The summed E-state index contributed by atoms with van der Waals surface area (Å²) in [4.78, 5) is 58.2. The lowest BCUT2D eigenvalue weighted by Crippen LogP contribution is -2.59. The Labute approximate surface area is 457 Å². The van der Waals surface area contributed by atoms with Crippen LogP contribution < -0.4 is 21.3 Å². The van der Waals surface area contributed by atoms with Gasteiger partial charge in [0, 0.05) is 25.6 Å². The van der Waals surface area contributed by atoms with Crippen molar-refractivity contribution in [2.45, 2.75) is 152 Å². The van der Waals surface area contributed by atoms with Crippen molar-refractivity contribution in [1.29, 1.82) is 0 Å². The molecule has 4 aliphatic carbocycles. The predicted molar refractivity (Wildman–Crippen MR) is 296 cm³/mol. The molecule has 5 aliphatic rings. The van der Waals surface area contributed by atoms with E-state index in [-0.39, 0.29) is 48.3 Å². The van der Waals surface area contributed by atoms with Crippen molar-refractivity contribution in [2.24, 2.45) is 29.1 Å². The van der Waals surface area contributed by atoms with Crippen LogP contribution in [0.5, 0.6) is 5.75 Å². The largest absolute Gasteiger partial charge is 0.508 e. The van der Waals surface area contributed by atoms with E-state index < -0.39 is 36.0 Å². The number of likely N-dealkylation sites (tertiary alicyclic amines) is 1. The number of hydrogen-bond acceptors (Lipinski definition) is 11. The molecule has 0 bridgehead atoms. The summed E-state index contributed by atoms with van der Waals surface area (Å²) in [6, 6.07) is 22.3. The van der Waals surface area contributed by atoms with Crippen LogP contribution in [0.2, 0.25) is 0 Å². The Kier molecular flexibility index (Phi) is 21.8. The summed E-state index contributed by atoms with van der Waals surface area (Å²) in [5.41, 5.74) is 4.46. The van der Waals surface area contributed by atoms with E-state index in [1.807, 2.05) is 72.8 Å². The minimum absolute atomic E-state index is 0.0169. The van der Waals surface area contributed by atoms with Crippen LogP contribution in [-0.4, -0.2) is 142 Å². The lowest BCUT2D eigenvalue weighted by Gasteiger charge is -2.53. The normalized spacial score (nSPS) is 25.3. The number of nitrogens with zero attached hydrogens (tertiary/aromatic N) is 1. The lowest BCUT2D eigenvalue weighted by molar-refractivity contribution is -0.143. The predicted octanol–water partition coefficient (Wildman–Crippen LogP) is 7.17. The van der Waals surface area contributed by atoms with Crippen molar-refractivity contribution in [3.63, 3.8) is 0 Å². The molecule has 1 heterocycles. The number of nitrogens with one attached hydrogen (secondary N) is 4. The minimum Gasteiger partial charge on any atom is -0.508 e. The number of amides is 4. The number of rotatable bonds is 28. The average Bonchev–Trinajstić information content (AvgIpc) is 4.08. The van der Waals surface area contributed by atoms with E-state index in [0.29, 0.717) is 95.1 Å². The molecule has 6 N–H and O–H groups in total. The van der Waals surface area contributed by atoms with Crippen LogP contribution in [0.3, 0.4) is 0 Å². The topological polar surface area (TPSA) is 197 Å². The maximum absolute atomic E-state index is 14.5. The summed E-state index contributed by atoms with van der Waals surface area (Å²) in [7, 11) is 1.71. The van der Waals surface area contributed by atoms with E-state index in [0.717, 1.165) is 94.6 Å². The van der Waals surface area contributed by atoms with Crippen molar-refractivity contribution in [3.05, 3.63) is 101 Å². The monoisotopic (exact) mass is 1060 g/mol. The van der Waals surface area contributed by atoms with Crippen molar-refractivity contribution in [1.82, 2.24) is 26.2 Å². The molecule has 8 rings (SSSR count). The fraction of sp³-hybridized carbons (Fsp3) is 0.645. The summed E-state index contributed by atoms with van der Waals surface area (Å²) in [6.07, 6.45) is 14.0. The third-order valence-corrected chi connectivity index (χ3v) is 18.2. The quantitative estimate of drug-likeness (QED) is 0.0404. The number of unbranched alkanes of at least 4 members (excludes halogenated alkanes) is 1. The van der Waals surface area contributed by atoms with Crippen LogP contribution in [0.25, 0.3) is 0 Å². The van der Waals surface area contributed by atoms with Gasteiger partial charge in [-0.15, -0.1) is 0 Å². The van der Waals surface area contributed by atoms with Gasteiger partial charge in [-0.05, 0) is 154 Å². The molecule has 1 saturated heterocycles. The molecule has 0 aromatic heterocycles. The Hall–Kier alpha value is -4.90. The first-order chi connectivity index (χ1) is 37.5. The molecular weight excluding hydrogens is 975 g/mol. The van der Waals surface area contributed by atoms with Gasteiger partial charge in [0.25, 0.3) is 0 Å². The average molecular weight is 1060 g/mol. The van der Waals surface area contributed by atoms with E-state index in [1.54, 1.807) is 18.9 Å². The molecule has 3 aromatic carbocycles. The third-order valence-electron chi connectivity index (χ3n) is 18.2. The van der Waals surface area contributed by atoms with Gasteiger partial charge in [-0.2, -0.15) is 0 Å². The van der Waals surface area contributed by atoms with Gasteiger partial charge >= 0.3 is 0 Å². The zero-order valence-electron chi connectivity index (χ0n) is 46.1. The Bertz CT molecular complexity index is 2300. The highest BCUT2D eigenvalue weighted by molar-refractivity contribution is 5.95. The van der Waals surface area contributed by atoms with E-state index in [9.17, 15) is 29.4 Å². The Morgan fingerprint density at radius 1 is 0.727 bits per heavy atom. The molecule has 3 saturated carbocycles. The summed E-state index contributed by atoms with van der Waals surface area (Å²) in [6.45, 7) is 8.17. The van der Waals surface area contributed by atoms with Gasteiger partial charge in [-0.1, -0.05) is 99.3 Å². The number of benzene rings is 3. The van der Waals surface area contributed by atoms with E-state index in [4.69, 9.17) is 18.9 Å². The van der Waals surface area contributed by atoms with Gasteiger partial charge in [0.2, 0.25) is 23.6 Å². The highest BCUT2D eigenvalue weighted by atomic mass is 16.6. The van der Waals surface area contributed by atoms with Gasteiger partial charge in [0.05, 0.1) is 58.4 Å². The van der Waals surface area contributed by atoms with Crippen LogP contribution >= 0.6 is 0 Å². The number of carbonyl (C=O) groups excluding carboxylic acids is 4. The van der Waals surface area contributed by atoms with Crippen LogP contribution in [0.15, 0.2) is 78.9 Å². The summed E-state index contributed by atoms with van der Waals surface area (Å²) in [5, 5.41) is 33.5. The molecule has 0 radical (unpaired) electrons. The number of aliphatic hydroxyl groups excluding tert-OH is 1. The maximum atomic E-state index is 14.5. The number of aliphatic hydroxyl groups is 1. The van der Waals surface area contributed by atoms with Crippen molar-refractivity contribution in [2.75, 3.05) is 73.0 Å². The van der Waals surface area contributed by atoms with Gasteiger partial charge in [-0.25, -0.2) is 0 Å². The molecule has 422 valence electrons. The molecule has 10 atom stereocenters. The zero-order valence-corrected chi connectivity index (χ0v) is 46.1. The maximum Gasteiger partial charge on any atom is 0.246 e. The van der Waals surface area contributed by atoms with Gasteiger partial charge in [0.15, 0.2) is 0 Å². The Balaban J connectivity index is 0.743. The van der Waals surface area contributed by atoms with Crippen molar-refractivity contribution < 1.29 is 48.3 Å². The van der Waals surface area contributed by atoms with Crippen molar-refractivity contribution in [3.8, 4) is 5.75 Å². The fourth-order valence-electron chi connectivity index (χ4n) is 13.9. The van der Waals surface area contributed by atoms with E-state index in [2.05, 4.69) is 34.3 Å². The highest BCUT2D eigenvalue weighted by Gasteiger charge is 2.56. The molecule has 15 heteroatoms. The number of carbonyl (C=O) groups is 4. The molecule has 77 heavy (non-hydrogen) atoms. The molecule has 0 spiro atoms. The molecule has 10 unspecified atom stereocenters. The van der Waals surface area contributed by atoms with Gasteiger partial charge in [-0.3, -0.25) is 19.2 Å². The molecule has 1 aliphatic heterocycles. The molecule has 4 fully saturated rings. The van der Waals surface area contributed by atoms with Crippen molar-refractivity contribution >= 4 is 23.6 Å². The first kappa shape index (κ1) is 58.3. The number of hydrogen-bond donors (Lipinski definition) is 6. The molecular formula is C62H89N5O10. The number of fused-ring (bicyclic) bond motifs is 5. The highest BCUT2D eigenvalue weighted by Crippen LogP contribution is 2.62. The summed E-state index contributed by atoms with van der Waals surface area (Å²) < 4.78 is 23.3. The Morgan fingerprint density at radius 2 is 1.38 bits per heavy atom. The van der Waals surface area contributed by atoms with E-state index >= 15 is 0 Å². The molecule has 15 nitrogen and oxygen atoms in total. The van der Waals surface area contributed by atoms with E-state index in [1.165, 1.54) is 11.1 Å².